The number of fused-ring (bicyclic) bond motifs is 1. The first kappa shape index (κ1) is 19.8. The van der Waals surface area contributed by atoms with Gasteiger partial charge in [0.1, 0.15) is 5.75 Å². The van der Waals surface area contributed by atoms with Crippen LogP contribution in [0.1, 0.15) is 10.4 Å². The Morgan fingerprint density at radius 3 is 2.70 bits per heavy atom. The minimum absolute atomic E-state index is 0.140. The highest BCUT2D eigenvalue weighted by Crippen LogP contribution is 2.25. The molecule has 2 heterocycles. The van der Waals surface area contributed by atoms with Crippen LogP contribution < -0.4 is 15.4 Å². The molecule has 0 bridgehead atoms. The standard InChI is InChI=1S/C21H15ClN4O3S/c1-28-16-9-6-13(22)11-15(16)19(27)26-21(30)24-14-7-4-12(5-8-14)20-25-18-17(29-20)3-2-10-23-18/h2-11H,1H3,(H2,24,26,27,30). The Morgan fingerprint density at radius 2 is 1.97 bits per heavy atom. The zero-order valence-corrected chi connectivity index (χ0v) is 17.3. The maximum absolute atomic E-state index is 12.5. The van der Waals surface area contributed by atoms with Crippen molar-refractivity contribution in [3.05, 3.63) is 71.4 Å². The molecule has 0 atom stereocenters. The lowest BCUT2D eigenvalue weighted by atomic mass is 10.2. The number of carbonyl (C=O) groups excluding carboxylic acids is 1. The van der Waals surface area contributed by atoms with Gasteiger partial charge in [0.15, 0.2) is 16.3 Å². The van der Waals surface area contributed by atoms with Gasteiger partial charge in [-0.2, -0.15) is 4.98 Å². The molecule has 0 spiro atoms. The van der Waals surface area contributed by atoms with E-state index in [0.717, 1.165) is 5.56 Å². The molecule has 0 saturated heterocycles. The fourth-order valence-corrected chi connectivity index (χ4v) is 3.16. The minimum Gasteiger partial charge on any atom is -0.496 e. The number of thiocarbonyl (C=S) groups is 1. The predicted molar refractivity (Wildman–Crippen MR) is 119 cm³/mol. The molecule has 0 aliphatic carbocycles. The van der Waals surface area contributed by atoms with Gasteiger partial charge in [0, 0.05) is 22.5 Å². The molecule has 9 heteroatoms. The summed E-state index contributed by atoms with van der Waals surface area (Å²) in [6.45, 7) is 0. The molecule has 150 valence electrons. The zero-order chi connectivity index (χ0) is 21.1. The minimum atomic E-state index is -0.428. The second kappa shape index (κ2) is 8.48. The third kappa shape index (κ3) is 4.24. The number of hydrogen-bond acceptors (Lipinski definition) is 6. The first-order valence-electron chi connectivity index (χ1n) is 8.81. The summed E-state index contributed by atoms with van der Waals surface area (Å²) in [5.41, 5.74) is 2.94. The number of carbonyl (C=O) groups is 1. The quantitative estimate of drug-likeness (QED) is 0.447. The third-order valence-corrected chi connectivity index (χ3v) is 4.63. The van der Waals surface area contributed by atoms with Crippen molar-refractivity contribution in [2.75, 3.05) is 12.4 Å². The Morgan fingerprint density at radius 1 is 1.17 bits per heavy atom. The molecule has 0 radical (unpaired) electrons. The van der Waals surface area contributed by atoms with E-state index >= 15 is 0 Å². The average molecular weight is 439 g/mol. The molecule has 4 aromatic rings. The van der Waals surface area contributed by atoms with E-state index in [-0.39, 0.29) is 10.7 Å². The molecule has 2 aromatic heterocycles. The number of aromatic nitrogens is 2. The van der Waals surface area contributed by atoms with Crippen LogP contribution in [0.15, 0.2) is 65.2 Å². The number of pyridine rings is 1. The Bertz CT molecular complexity index is 1210. The Labute approximate surface area is 182 Å². The SMILES string of the molecule is COc1ccc(Cl)cc1C(=O)NC(=S)Nc1ccc(-c2nc3ncccc3o2)cc1. The van der Waals surface area contributed by atoms with Crippen molar-refractivity contribution in [2.24, 2.45) is 0 Å². The third-order valence-electron chi connectivity index (χ3n) is 4.19. The Kier molecular flexibility index (Phi) is 5.60. The summed E-state index contributed by atoms with van der Waals surface area (Å²) in [4.78, 5) is 21.0. The van der Waals surface area contributed by atoms with Crippen LogP contribution in [0.2, 0.25) is 5.02 Å². The molecule has 0 aliphatic heterocycles. The van der Waals surface area contributed by atoms with Crippen molar-refractivity contribution >= 4 is 51.8 Å². The predicted octanol–water partition coefficient (Wildman–Crippen LogP) is 4.68. The number of benzene rings is 2. The molecule has 2 aromatic carbocycles. The lowest BCUT2D eigenvalue weighted by Gasteiger charge is -2.12. The van der Waals surface area contributed by atoms with Gasteiger partial charge in [-0.15, -0.1) is 0 Å². The van der Waals surface area contributed by atoms with Gasteiger partial charge in [0.25, 0.3) is 5.91 Å². The second-order valence-electron chi connectivity index (χ2n) is 6.17. The van der Waals surface area contributed by atoms with Crippen LogP contribution in [0.25, 0.3) is 22.7 Å². The number of methoxy groups -OCH3 is 1. The van der Waals surface area contributed by atoms with E-state index in [1.807, 2.05) is 18.2 Å². The van der Waals surface area contributed by atoms with Crippen molar-refractivity contribution in [2.45, 2.75) is 0 Å². The van der Waals surface area contributed by atoms with Crippen LogP contribution >= 0.6 is 23.8 Å². The van der Waals surface area contributed by atoms with E-state index in [2.05, 4.69) is 20.6 Å². The summed E-state index contributed by atoms with van der Waals surface area (Å²) in [5, 5.41) is 6.14. The van der Waals surface area contributed by atoms with Crippen molar-refractivity contribution in [1.29, 1.82) is 0 Å². The number of hydrogen-bond donors (Lipinski definition) is 2. The van der Waals surface area contributed by atoms with Gasteiger partial charge in [-0.05, 0) is 66.8 Å². The van der Waals surface area contributed by atoms with E-state index < -0.39 is 5.91 Å². The molecule has 7 nitrogen and oxygen atoms in total. The lowest BCUT2D eigenvalue weighted by Crippen LogP contribution is -2.34. The van der Waals surface area contributed by atoms with Crippen molar-refractivity contribution < 1.29 is 13.9 Å². The van der Waals surface area contributed by atoms with Crippen molar-refractivity contribution in [1.82, 2.24) is 15.3 Å². The second-order valence-corrected chi connectivity index (χ2v) is 7.02. The number of halogens is 1. The molecule has 0 saturated carbocycles. The summed E-state index contributed by atoms with van der Waals surface area (Å²) in [7, 11) is 1.48. The zero-order valence-electron chi connectivity index (χ0n) is 15.7. The summed E-state index contributed by atoms with van der Waals surface area (Å²) in [6, 6.07) is 15.6. The first-order valence-corrected chi connectivity index (χ1v) is 9.60. The van der Waals surface area contributed by atoms with E-state index in [1.54, 1.807) is 36.5 Å². The topological polar surface area (TPSA) is 89.3 Å². The van der Waals surface area contributed by atoms with Crippen molar-refractivity contribution in [3.8, 4) is 17.2 Å². The van der Waals surface area contributed by atoms with Crippen LogP contribution in [-0.2, 0) is 0 Å². The van der Waals surface area contributed by atoms with E-state index in [9.17, 15) is 4.79 Å². The largest absolute Gasteiger partial charge is 0.496 e. The first-order chi connectivity index (χ1) is 14.5. The van der Waals surface area contributed by atoms with Crippen LogP contribution in [0, 0.1) is 0 Å². The summed E-state index contributed by atoms with van der Waals surface area (Å²) in [6.07, 6.45) is 1.66. The fraction of sp³-hybridized carbons (Fsp3) is 0.0476. The molecule has 1 amide bonds. The molecule has 0 aliphatic rings. The van der Waals surface area contributed by atoms with Crippen LogP contribution in [-0.4, -0.2) is 28.1 Å². The number of nitrogens with zero attached hydrogens (tertiary/aromatic N) is 2. The highest BCUT2D eigenvalue weighted by Gasteiger charge is 2.15. The monoisotopic (exact) mass is 438 g/mol. The van der Waals surface area contributed by atoms with Crippen LogP contribution in [0.4, 0.5) is 5.69 Å². The number of oxazole rings is 1. The number of rotatable bonds is 4. The maximum atomic E-state index is 12.5. The molecule has 4 rings (SSSR count). The molecule has 30 heavy (non-hydrogen) atoms. The highest BCUT2D eigenvalue weighted by molar-refractivity contribution is 7.80. The van der Waals surface area contributed by atoms with Gasteiger partial charge in [0.05, 0.1) is 12.7 Å². The summed E-state index contributed by atoms with van der Waals surface area (Å²) in [5.74, 6) is 0.443. The van der Waals surface area contributed by atoms with E-state index in [0.29, 0.717) is 33.6 Å². The Hall–Kier alpha value is -3.49. The van der Waals surface area contributed by atoms with E-state index in [1.165, 1.54) is 13.2 Å². The number of ether oxygens (including phenoxy) is 1. The van der Waals surface area contributed by atoms with Gasteiger partial charge in [-0.1, -0.05) is 11.6 Å². The molecule has 2 N–H and O–H groups in total. The molecular weight excluding hydrogens is 424 g/mol. The van der Waals surface area contributed by atoms with Gasteiger partial charge in [-0.25, -0.2) is 4.98 Å². The summed E-state index contributed by atoms with van der Waals surface area (Å²) >= 11 is 11.2. The lowest BCUT2D eigenvalue weighted by molar-refractivity contribution is 0.0975. The van der Waals surface area contributed by atoms with Gasteiger partial charge in [-0.3, -0.25) is 10.1 Å². The maximum Gasteiger partial charge on any atom is 0.261 e. The average Bonchev–Trinajstić information content (AvgIpc) is 3.18. The number of nitrogens with one attached hydrogen (secondary N) is 2. The molecule has 0 fully saturated rings. The van der Waals surface area contributed by atoms with Crippen molar-refractivity contribution in [3.63, 3.8) is 0 Å². The fourth-order valence-electron chi connectivity index (χ4n) is 2.78. The smallest absolute Gasteiger partial charge is 0.261 e. The molecule has 0 unspecified atom stereocenters. The van der Waals surface area contributed by atoms with Crippen LogP contribution in [0.5, 0.6) is 5.75 Å². The normalized spacial score (nSPS) is 10.6. The Balaban J connectivity index is 1.44. The number of anilines is 1. The molecular formula is C21H15ClN4O3S. The van der Waals surface area contributed by atoms with Crippen LogP contribution in [0.3, 0.4) is 0 Å². The van der Waals surface area contributed by atoms with Gasteiger partial charge < -0.3 is 14.5 Å². The highest BCUT2D eigenvalue weighted by atomic mass is 35.5. The van der Waals surface area contributed by atoms with Gasteiger partial charge >= 0.3 is 0 Å². The van der Waals surface area contributed by atoms with Gasteiger partial charge in [0.2, 0.25) is 5.89 Å². The van der Waals surface area contributed by atoms with E-state index in [4.69, 9.17) is 33.0 Å². The summed E-state index contributed by atoms with van der Waals surface area (Å²) < 4.78 is 10.9. The number of amides is 1.